The zero-order chi connectivity index (χ0) is 14.7. The van der Waals surface area contributed by atoms with Crippen LogP contribution in [-0.4, -0.2) is 17.2 Å². The second kappa shape index (κ2) is 6.32. The van der Waals surface area contributed by atoms with E-state index in [1.807, 2.05) is 18.2 Å². The summed E-state index contributed by atoms with van der Waals surface area (Å²) in [6, 6.07) is 10.9. The van der Waals surface area contributed by atoms with Gasteiger partial charge in [-0.1, -0.05) is 13.0 Å². The number of aromatic nitrogens is 1. The van der Waals surface area contributed by atoms with Crippen LogP contribution in [0.4, 0.5) is 0 Å². The van der Waals surface area contributed by atoms with E-state index in [1.54, 1.807) is 0 Å². The van der Waals surface area contributed by atoms with E-state index in [0.29, 0.717) is 6.04 Å². The molecule has 0 radical (unpaired) electrons. The zero-order valence-corrected chi connectivity index (χ0v) is 12.7. The Morgan fingerprint density at radius 2 is 2.05 bits per heavy atom. The average Bonchev–Trinajstić information content (AvgIpc) is 2.91. The molecule has 0 spiro atoms. The number of fused-ring (bicyclic) bond motifs is 1. The van der Waals surface area contributed by atoms with Crippen LogP contribution in [0, 0.1) is 17.2 Å². The molecular formula is C18H23N3. The van der Waals surface area contributed by atoms with Gasteiger partial charge in [0.2, 0.25) is 0 Å². The number of benzene rings is 1. The van der Waals surface area contributed by atoms with Gasteiger partial charge in [0, 0.05) is 30.8 Å². The molecule has 0 bridgehead atoms. The van der Waals surface area contributed by atoms with Gasteiger partial charge in [-0.3, -0.25) is 0 Å². The fourth-order valence-electron chi connectivity index (χ4n) is 3.30. The van der Waals surface area contributed by atoms with Crippen molar-refractivity contribution in [2.75, 3.05) is 6.54 Å². The van der Waals surface area contributed by atoms with E-state index in [-0.39, 0.29) is 0 Å². The lowest BCUT2D eigenvalue weighted by Gasteiger charge is -2.27. The van der Waals surface area contributed by atoms with Gasteiger partial charge in [0.15, 0.2) is 0 Å². The molecule has 110 valence electrons. The monoisotopic (exact) mass is 281 g/mol. The standard InChI is InChI=1S/C18H23N3/c1-14-2-6-17(7-3-14)20-9-11-21-10-8-16-5-4-15(13-19)12-18(16)21/h4-5,8,10,12,14,17,20H,2-3,6-7,9,11H2,1H3. The van der Waals surface area contributed by atoms with Gasteiger partial charge in [0.05, 0.1) is 11.6 Å². The third-order valence-electron chi connectivity index (χ3n) is 4.70. The second-order valence-electron chi connectivity index (χ2n) is 6.31. The first-order valence-corrected chi connectivity index (χ1v) is 7.98. The van der Waals surface area contributed by atoms with Gasteiger partial charge >= 0.3 is 0 Å². The molecule has 1 aliphatic carbocycles. The molecule has 1 aromatic carbocycles. The van der Waals surface area contributed by atoms with Gasteiger partial charge in [0.25, 0.3) is 0 Å². The number of hydrogen-bond donors (Lipinski definition) is 1. The Balaban J connectivity index is 1.59. The summed E-state index contributed by atoms with van der Waals surface area (Å²) < 4.78 is 2.24. The highest BCUT2D eigenvalue weighted by atomic mass is 15.0. The van der Waals surface area contributed by atoms with E-state index in [4.69, 9.17) is 5.26 Å². The molecule has 1 saturated carbocycles. The predicted octanol–water partition coefficient (Wildman–Crippen LogP) is 3.68. The maximum absolute atomic E-state index is 9.02. The van der Waals surface area contributed by atoms with E-state index in [0.717, 1.165) is 30.1 Å². The quantitative estimate of drug-likeness (QED) is 0.928. The molecule has 2 aromatic rings. The van der Waals surface area contributed by atoms with E-state index >= 15 is 0 Å². The van der Waals surface area contributed by atoms with Crippen molar-refractivity contribution in [3.05, 3.63) is 36.0 Å². The molecular weight excluding hydrogens is 258 g/mol. The topological polar surface area (TPSA) is 40.8 Å². The Morgan fingerprint density at radius 3 is 2.81 bits per heavy atom. The molecule has 0 amide bonds. The Morgan fingerprint density at radius 1 is 1.24 bits per heavy atom. The second-order valence-corrected chi connectivity index (χ2v) is 6.31. The van der Waals surface area contributed by atoms with Crippen molar-refractivity contribution in [2.24, 2.45) is 5.92 Å². The molecule has 1 N–H and O–H groups in total. The highest BCUT2D eigenvalue weighted by Crippen LogP contribution is 2.23. The van der Waals surface area contributed by atoms with Crippen molar-refractivity contribution in [3.63, 3.8) is 0 Å². The molecule has 0 atom stereocenters. The first-order valence-electron chi connectivity index (χ1n) is 7.98. The van der Waals surface area contributed by atoms with Crippen LogP contribution < -0.4 is 5.32 Å². The van der Waals surface area contributed by atoms with Gasteiger partial charge < -0.3 is 9.88 Å². The van der Waals surface area contributed by atoms with Gasteiger partial charge in [-0.05, 0) is 55.2 Å². The van der Waals surface area contributed by atoms with E-state index in [9.17, 15) is 0 Å². The van der Waals surface area contributed by atoms with E-state index < -0.39 is 0 Å². The van der Waals surface area contributed by atoms with Crippen LogP contribution >= 0.6 is 0 Å². The zero-order valence-electron chi connectivity index (χ0n) is 12.7. The molecule has 0 unspecified atom stereocenters. The molecule has 3 heteroatoms. The Kier molecular flexibility index (Phi) is 4.26. The van der Waals surface area contributed by atoms with E-state index in [1.165, 1.54) is 31.1 Å². The lowest BCUT2D eigenvalue weighted by atomic mass is 9.87. The molecule has 3 nitrogen and oxygen atoms in total. The first kappa shape index (κ1) is 14.2. The minimum Gasteiger partial charge on any atom is -0.346 e. The molecule has 21 heavy (non-hydrogen) atoms. The summed E-state index contributed by atoms with van der Waals surface area (Å²) in [5.41, 5.74) is 1.89. The highest BCUT2D eigenvalue weighted by Gasteiger charge is 2.17. The van der Waals surface area contributed by atoms with Crippen molar-refractivity contribution in [1.29, 1.82) is 5.26 Å². The molecule has 1 fully saturated rings. The third-order valence-corrected chi connectivity index (χ3v) is 4.70. The van der Waals surface area contributed by atoms with Crippen molar-refractivity contribution in [2.45, 2.75) is 45.2 Å². The molecule has 1 aliphatic rings. The SMILES string of the molecule is CC1CCC(NCCn2ccc3ccc(C#N)cc32)CC1. The molecule has 1 aromatic heterocycles. The lowest BCUT2D eigenvalue weighted by molar-refractivity contribution is 0.305. The molecule has 0 saturated heterocycles. The molecule has 3 rings (SSSR count). The first-order chi connectivity index (χ1) is 10.3. The molecule has 1 heterocycles. The normalized spacial score (nSPS) is 22.3. The van der Waals surface area contributed by atoms with Crippen LogP contribution in [-0.2, 0) is 6.54 Å². The number of rotatable bonds is 4. The van der Waals surface area contributed by atoms with Crippen LogP contribution in [0.1, 0.15) is 38.2 Å². The van der Waals surface area contributed by atoms with Crippen LogP contribution in [0.15, 0.2) is 30.5 Å². The highest BCUT2D eigenvalue weighted by molar-refractivity contribution is 5.81. The van der Waals surface area contributed by atoms with Crippen molar-refractivity contribution >= 4 is 10.9 Å². The van der Waals surface area contributed by atoms with Crippen LogP contribution in [0.5, 0.6) is 0 Å². The summed E-state index contributed by atoms with van der Waals surface area (Å²) in [5.74, 6) is 0.904. The van der Waals surface area contributed by atoms with Crippen LogP contribution in [0.2, 0.25) is 0 Å². The Bertz CT molecular complexity index is 642. The average molecular weight is 281 g/mol. The van der Waals surface area contributed by atoms with Gasteiger partial charge in [-0.25, -0.2) is 0 Å². The predicted molar refractivity (Wildman–Crippen MR) is 86.1 cm³/mol. The van der Waals surface area contributed by atoms with E-state index in [2.05, 4.69) is 35.1 Å². The van der Waals surface area contributed by atoms with Gasteiger partial charge in [0.1, 0.15) is 0 Å². The fourth-order valence-corrected chi connectivity index (χ4v) is 3.30. The smallest absolute Gasteiger partial charge is 0.0992 e. The number of nitrogens with zero attached hydrogens (tertiary/aromatic N) is 2. The summed E-state index contributed by atoms with van der Waals surface area (Å²) in [5, 5.41) is 13.9. The number of nitrogens with one attached hydrogen (secondary N) is 1. The van der Waals surface area contributed by atoms with Crippen LogP contribution in [0.3, 0.4) is 0 Å². The van der Waals surface area contributed by atoms with Crippen molar-refractivity contribution in [3.8, 4) is 6.07 Å². The largest absolute Gasteiger partial charge is 0.346 e. The summed E-state index contributed by atoms with van der Waals surface area (Å²) in [6.45, 7) is 4.32. The minimum absolute atomic E-state index is 0.692. The van der Waals surface area contributed by atoms with Crippen LogP contribution in [0.25, 0.3) is 10.9 Å². The summed E-state index contributed by atoms with van der Waals surface area (Å²) >= 11 is 0. The molecule has 0 aliphatic heterocycles. The minimum atomic E-state index is 0.692. The third kappa shape index (κ3) is 3.28. The van der Waals surface area contributed by atoms with Gasteiger partial charge in [-0.15, -0.1) is 0 Å². The summed E-state index contributed by atoms with van der Waals surface area (Å²) in [6.07, 6.45) is 7.46. The summed E-state index contributed by atoms with van der Waals surface area (Å²) in [4.78, 5) is 0. The maximum Gasteiger partial charge on any atom is 0.0992 e. The number of hydrogen-bond acceptors (Lipinski definition) is 2. The maximum atomic E-state index is 9.02. The Labute approximate surface area is 126 Å². The van der Waals surface area contributed by atoms with Crippen molar-refractivity contribution in [1.82, 2.24) is 9.88 Å². The fraction of sp³-hybridized carbons (Fsp3) is 0.500. The Hall–Kier alpha value is -1.79. The number of nitriles is 1. The lowest BCUT2D eigenvalue weighted by Crippen LogP contribution is -2.34. The van der Waals surface area contributed by atoms with Crippen molar-refractivity contribution < 1.29 is 0 Å². The van der Waals surface area contributed by atoms with Gasteiger partial charge in [-0.2, -0.15) is 5.26 Å². The summed E-state index contributed by atoms with van der Waals surface area (Å²) in [7, 11) is 0.